The van der Waals surface area contributed by atoms with E-state index in [1.807, 2.05) is 0 Å². The predicted octanol–water partition coefficient (Wildman–Crippen LogP) is -0.175. The van der Waals surface area contributed by atoms with Gasteiger partial charge in [-0.25, -0.2) is 20.1 Å². The average molecular weight is 485 g/mol. The van der Waals surface area contributed by atoms with Crippen molar-refractivity contribution in [2.45, 2.75) is 52.2 Å². The van der Waals surface area contributed by atoms with Gasteiger partial charge >= 0.3 is 23.8 Å². The molecule has 1 N–H and O–H groups in total. The average Bonchev–Trinajstić information content (AvgIpc) is 3.27. The molecule has 0 bridgehead atoms. The maximum Gasteiger partial charge on any atom is 0.332 e. The van der Waals surface area contributed by atoms with Gasteiger partial charge in [0.2, 0.25) is 0 Å². The van der Waals surface area contributed by atoms with Crippen molar-refractivity contribution in [1.82, 2.24) is 15.0 Å². The minimum Gasteiger partial charge on any atom is -0.483 e. The number of hydrogen-bond acceptors (Lipinski definition) is 13. The van der Waals surface area contributed by atoms with Crippen molar-refractivity contribution < 1.29 is 47.9 Å². The summed E-state index contributed by atoms with van der Waals surface area (Å²) in [6, 6.07) is 0. The third-order valence-electron chi connectivity index (χ3n) is 4.21. The zero-order valence-corrected chi connectivity index (χ0v) is 18.7. The summed E-state index contributed by atoms with van der Waals surface area (Å²) >= 11 is 0. The summed E-state index contributed by atoms with van der Waals surface area (Å²) in [5.74, 6) is -3.56. The van der Waals surface area contributed by atoms with E-state index >= 15 is 0 Å². The zero-order chi connectivity index (χ0) is 25.4. The van der Waals surface area contributed by atoms with Crippen molar-refractivity contribution in [1.29, 1.82) is 0 Å². The van der Waals surface area contributed by atoms with Crippen LogP contribution < -0.4 is 5.43 Å². The van der Waals surface area contributed by atoms with Crippen LogP contribution in [0.1, 0.15) is 44.4 Å². The predicted molar refractivity (Wildman–Crippen MR) is 108 cm³/mol. The van der Waals surface area contributed by atoms with Crippen LogP contribution in [-0.2, 0) is 38.1 Å². The van der Waals surface area contributed by atoms with Gasteiger partial charge < -0.3 is 23.7 Å². The number of carbonyl (C=O) groups excluding carboxylic acids is 4. The lowest BCUT2D eigenvalue weighted by Crippen LogP contribution is -2.40. The first-order valence-corrected chi connectivity index (χ1v) is 9.84. The highest BCUT2D eigenvalue weighted by Crippen LogP contribution is 2.37. The SMILES string of the molecule is CCO/C=N/c1c(C(=O)N[N+](=O)[O-])ncn1[C@@H]1O[C@H](COC(C)=O)[C@@H](OC(C)=O)[C@H]1OC(C)=O. The van der Waals surface area contributed by atoms with E-state index in [0.717, 1.165) is 38.1 Å². The molecule has 16 nitrogen and oxygen atoms in total. The summed E-state index contributed by atoms with van der Waals surface area (Å²) in [5, 5.41) is 9.64. The highest BCUT2D eigenvalue weighted by Gasteiger charge is 2.51. The second-order valence-electron chi connectivity index (χ2n) is 6.73. The van der Waals surface area contributed by atoms with Gasteiger partial charge in [-0.2, -0.15) is 0 Å². The first kappa shape index (κ1) is 26.2. The lowest BCUT2D eigenvalue weighted by Gasteiger charge is -2.24. The number of imidazole rings is 1. The van der Waals surface area contributed by atoms with Crippen LogP contribution >= 0.6 is 0 Å². The second-order valence-corrected chi connectivity index (χ2v) is 6.73. The molecule has 4 atom stereocenters. The molecule has 1 saturated heterocycles. The molecule has 0 unspecified atom stereocenters. The number of amides is 1. The standard InChI is InChI=1S/C18H23N5O11/c1-5-30-8-20-16-13(17(27)21-23(28)29)19-7-22(16)18-15(33-11(4)26)14(32-10(3)25)12(34-18)6-31-9(2)24/h7-8,12,14-15,18H,5-6H2,1-4H3,(H,21,27)/b20-8+/t12-,14-,15-,18-/m1/s1. The lowest BCUT2D eigenvalue weighted by atomic mass is 10.1. The van der Waals surface area contributed by atoms with E-state index in [1.54, 1.807) is 6.92 Å². The van der Waals surface area contributed by atoms with E-state index < -0.39 is 59.1 Å². The number of rotatable bonds is 10. The maximum atomic E-state index is 12.3. The maximum absolute atomic E-state index is 12.3. The fraction of sp³-hybridized carbons (Fsp3) is 0.556. The van der Waals surface area contributed by atoms with Gasteiger partial charge in [0.25, 0.3) is 0 Å². The highest BCUT2D eigenvalue weighted by molar-refractivity contribution is 5.96. The minimum atomic E-state index is -1.29. The number of aromatic nitrogens is 2. The van der Waals surface area contributed by atoms with E-state index in [0.29, 0.717) is 0 Å². The van der Waals surface area contributed by atoms with Gasteiger partial charge in [-0.3, -0.25) is 23.7 Å². The van der Waals surface area contributed by atoms with Gasteiger partial charge in [-0.05, 0) is 6.92 Å². The Hall–Kier alpha value is -4.08. The van der Waals surface area contributed by atoms with Crippen LogP contribution in [0.2, 0.25) is 0 Å². The molecule has 0 aromatic carbocycles. The Kier molecular flexibility index (Phi) is 9.00. The molecule has 0 aliphatic carbocycles. The molecule has 34 heavy (non-hydrogen) atoms. The van der Waals surface area contributed by atoms with Crippen LogP contribution in [0.4, 0.5) is 5.82 Å². The van der Waals surface area contributed by atoms with Gasteiger partial charge in [0.05, 0.1) is 12.9 Å². The number of nitro groups is 1. The van der Waals surface area contributed by atoms with Gasteiger partial charge in [-0.15, -0.1) is 0 Å². The molecule has 2 rings (SSSR count). The molecule has 1 aliphatic heterocycles. The monoisotopic (exact) mass is 485 g/mol. The fourth-order valence-electron chi connectivity index (χ4n) is 3.04. The number of nitrogens with zero attached hydrogens (tertiary/aromatic N) is 4. The van der Waals surface area contributed by atoms with Crippen molar-refractivity contribution in [3.63, 3.8) is 0 Å². The number of aliphatic imine (C=N–C) groups is 1. The molecule has 0 spiro atoms. The summed E-state index contributed by atoms with van der Waals surface area (Å²) in [6.07, 6.45) is -2.83. The number of ether oxygens (including phenoxy) is 5. The van der Waals surface area contributed by atoms with Crippen LogP contribution in [0.3, 0.4) is 0 Å². The van der Waals surface area contributed by atoms with Gasteiger partial charge in [-0.1, -0.05) is 5.43 Å². The van der Waals surface area contributed by atoms with E-state index in [1.165, 1.54) is 5.43 Å². The number of nitrogens with one attached hydrogen (secondary N) is 1. The summed E-state index contributed by atoms with van der Waals surface area (Å²) in [6.45, 7) is 4.93. The quantitative estimate of drug-likeness (QED) is 0.115. The van der Waals surface area contributed by atoms with Crippen LogP contribution in [-0.4, -0.2) is 76.3 Å². The van der Waals surface area contributed by atoms with Crippen LogP contribution in [0, 0.1) is 10.1 Å². The van der Waals surface area contributed by atoms with E-state index in [-0.39, 0.29) is 19.0 Å². The third kappa shape index (κ3) is 6.71. The summed E-state index contributed by atoms with van der Waals surface area (Å²) in [7, 11) is 0. The lowest BCUT2D eigenvalue weighted by molar-refractivity contribution is -0.527. The number of hydrogen-bond donors (Lipinski definition) is 1. The number of esters is 3. The molecular weight excluding hydrogens is 462 g/mol. The van der Waals surface area contributed by atoms with Crippen LogP contribution in [0.25, 0.3) is 0 Å². The second kappa shape index (κ2) is 11.7. The van der Waals surface area contributed by atoms with Gasteiger partial charge in [0.15, 0.2) is 41.4 Å². The molecule has 2 heterocycles. The van der Waals surface area contributed by atoms with Crippen molar-refractivity contribution >= 4 is 36.0 Å². The van der Waals surface area contributed by atoms with Crippen molar-refractivity contribution in [3.05, 3.63) is 22.1 Å². The Morgan fingerprint density at radius 1 is 1.21 bits per heavy atom. The molecule has 16 heteroatoms. The molecule has 1 aromatic rings. The Morgan fingerprint density at radius 3 is 2.41 bits per heavy atom. The Bertz CT molecular complexity index is 975. The number of hydrazine groups is 1. The summed E-state index contributed by atoms with van der Waals surface area (Å²) < 4.78 is 27.6. The van der Waals surface area contributed by atoms with Crippen LogP contribution in [0.15, 0.2) is 11.3 Å². The van der Waals surface area contributed by atoms with Crippen molar-refractivity contribution in [2.75, 3.05) is 13.2 Å². The van der Waals surface area contributed by atoms with Gasteiger partial charge in [0, 0.05) is 20.8 Å². The first-order valence-electron chi connectivity index (χ1n) is 9.84. The molecular formula is C18H23N5O11. The van der Waals surface area contributed by atoms with E-state index in [4.69, 9.17) is 23.7 Å². The fourth-order valence-corrected chi connectivity index (χ4v) is 3.04. The van der Waals surface area contributed by atoms with Crippen molar-refractivity contribution in [3.8, 4) is 0 Å². The zero-order valence-electron chi connectivity index (χ0n) is 18.7. The molecule has 1 fully saturated rings. The normalized spacial score (nSPS) is 21.6. The Labute approximate surface area is 192 Å². The van der Waals surface area contributed by atoms with E-state index in [9.17, 15) is 29.3 Å². The topological polar surface area (TPSA) is 200 Å². The molecule has 1 aliphatic rings. The minimum absolute atomic E-state index is 0.225. The molecule has 0 saturated carbocycles. The largest absolute Gasteiger partial charge is 0.483 e. The third-order valence-corrected chi connectivity index (χ3v) is 4.21. The summed E-state index contributed by atoms with van der Waals surface area (Å²) in [5.41, 5.74) is 0.986. The molecule has 186 valence electrons. The molecule has 1 aromatic heterocycles. The first-order chi connectivity index (χ1) is 16.0. The smallest absolute Gasteiger partial charge is 0.332 e. The summed E-state index contributed by atoms with van der Waals surface area (Å²) in [4.78, 5) is 65.6. The Morgan fingerprint density at radius 2 is 1.85 bits per heavy atom. The van der Waals surface area contributed by atoms with Crippen molar-refractivity contribution in [2.24, 2.45) is 4.99 Å². The Balaban J connectivity index is 2.55. The molecule has 1 amide bonds. The van der Waals surface area contributed by atoms with Gasteiger partial charge in [0.1, 0.15) is 12.7 Å². The van der Waals surface area contributed by atoms with E-state index in [2.05, 4.69) is 9.98 Å². The molecule has 0 radical (unpaired) electrons. The number of carbonyl (C=O) groups is 4. The van der Waals surface area contributed by atoms with Crippen LogP contribution in [0.5, 0.6) is 0 Å². The highest BCUT2D eigenvalue weighted by atomic mass is 16.7.